The van der Waals surface area contributed by atoms with Crippen LogP contribution in [0, 0.1) is 11.3 Å². The highest BCUT2D eigenvalue weighted by Crippen LogP contribution is 2.18. The second kappa shape index (κ2) is 6.61. The number of rotatable bonds is 4. The van der Waals surface area contributed by atoms with Gasteiger partial charge in [0, 0.05) is 19.1 Å². The van der Waals surface area contributed by atoms with Crippen molar-refractivity contribution in [3.05, 3.63) is 0 Å². The Morgan fingerprint density at radius 1 is 1.53 bits per heavy atom. The van der Waals surface area contributed by atoms with Crippen molar-refractivity contribution in [3.8, 4) is 6.07 Å². The van der Waals surface area contributed by atoms with Gasteiger partial charge in [0.1, 0.15) is 6.04 Å². The van der Waals surface area contributed by atoms with Crippen LogP contribution in [0.4, 0.5) is 0 Å². The molecule has 17 heavy (non-hydrogen) atoms. The molecule has 1 heterocycles. The monoisotopic (exact) mass is 237 g/mol. The van der Waals surface area contributed by atoms with E-state index in [-0.39, 0.29) is 11.9 Å². The lowest BCUT2D eigenvalue weighted by molar-refractivity contribution is -0.136. The van der Waals surface area contributed by atoms with E-state index in [1.165, 1.54) is 0 Å². The third-order valence-corrected chi connectivity index (χ3v) is 3.57. The fourth-order valence-corrected chi connectivity index (χ4v) is 2.29. The van der Waals surface area contributed by atoms with Crippen LogP contribution >= 0.6 is 0 Å². The molecule has 1 rings (SSSR count). The Morgan fingerprint density at radius 3 is 2.82 bits per heavy atom. The first-order valence-corrected chi connectivity index (χ1v) is 6.49. The molecule has 1 aliphatic heterocycles. The summed E-state index contributed by atoms with van der Waals surface area (Å²) in [6.45, 7) is 5.95. The molecular weight excluding hydrogens is 214 g/mol. The van der Waals surface area contributed by atoms with Crippen molar-refractivity contribution in [2.24, 2.45) is 0 Å². The number of nitriles is 1. The van der Waals surface area contributed by atoms with E-state index in [0.29, 0.717) is 12.5 Å². The number of carbonyl (C=O) groups is 1. The molecule has 96 valence electrons. The molecule has 0 N–H and O–H groups in total. The molecule has 2 unspecified atom stereocenters. The van der Waals surface area contributed by atoms with Crippen LogP contribution in [0.15, 0.2) is 0 Å². The quantitative estimate of drug-likeness (QED) is 0.746. The number of hydrogen-bond donors (Lipinski definition) is 0. The average Bonchev–Trinajstić information content (AvgIpc) is 2.41. The molecule has 0 aromatic heterocycles. The Balaban J connectivity index is 2.79. The number of carbonyl (C=O) groups excluding carboxylic acids is 1. The topological polar surface area (TPSA) is 47.3 Å². The molecule has 1 aliphatic rings. The van der Waals surface area contributed by atoms with Gasteiger partial charge in [0.25, 0.3) is 0 Å². The van der Waals surface area contributed by atoms with Crippen molar-refractivity contribution in [3.63, 3.8) is 0 Å². The highest BCUT2D eigenvalue weighted by atomic mass is 16.2. The molecule has 4 nitrogen and oxygen atoms in total. The predicted molar refractivity (Wildman–Crippen MR) is 67.3 cm³/mol. The van der Waals surface area contributed by atoms with E-state index in [2.05, 4.69) is 19.9 Å². The fraction of sp³-hybridized carbons (Fsp3) is 0.846. The number of likely N-dealkylation sites (N-methyl/N-ethyl adjacent to an activating group) is 1. The van der Waals surface area contributed by atoms with Gasteiger partial charge in [-0.2, -0.15) is 5.26 Å². The maximum absolute atomic E-state index is 12.4. The Hall–Kier alpha value is -1.08. The van der Waals surface area contributed by atoms with Crippen molar-refractivity contribution in [2.75, 3.05) is 20.1 Å². The van der Waals surface area contributed by atoms with E-state index in [1.807, 2.05) is 16.8 Å². The van der Waals surface area contributed by atoms with E-state index in [9.17, 15) is 4.79 Å². The van der Waals surface area contributed by atoms with Crippen molar-refractivity contribution in [1.82, 2.24) is 9.80 Å². The number of unbranched alkanes of at least 4 members (excludes halogenated alkanes) is 1. The van der Waals surface area contributed by atoms with Gasteiger partial charge < -0.3 is 4.90 Å². The van der Waals surface area contributed by atoms with Crippen LogP contribution in [-0.4, -0.2) is 47.9 Å². The Bertz CT molecular complexity index is 298. The highest BCUT2D eigenvalue weighted by molar-refractivity contribution is 5.82. The highest BCUT2D eigenvalue weighted by Gasteiger charge is 2.33. The van der Waals surface area contributed by atoms with E-state index in [0.717, 1.165) is 32.4 Å². The maximum atomic E-state index is 12.4. The van der Waals surface area contributed by atoms with E-state index >= 15 is 0 Å². The maximum Gasteiger partial charge on any atom is 0.241 e. The lowest BCUT2D eigenvalue weighted by atomic mass is 10.1. The summed E-state index contributed by atoms with van der Waals surface area (Å²) in [5.41, 5.74) is 0. The third-order valence-electron chi connectivity index (χ3n) is 3.57. The first kappa shape index (κ1) is 14.0. The molecule has 0 saturated carbocycles. The van der Waals surface area contributed by atoms with Gasteiger partial charge in [0.15, 0.2) is 0 Å². The molecule has 0 aliphatic carbocycles. The van der Waals surface area contributed by atoms with Crippen LogP contribution in [-0.2, 0) is 4.79 Å². The number of hydrogen-bond acceptors (Lipinski definition) is 3. The molecule has 4 heteroatoms. The zero-order chi connectivity index (χ0) is 12.8. The molecule has 0 bridgehead atoms. The molecule has 1 amide bonds. The minimum atomic E-state index is -0.248. The molecule has 1 fully saturated rings. The van der Waals surface area contributed by atoms with Crippen LogP contribution in [0.3, 0.4) is 0 Å². The Kier molecular flexibility index (Phi) is 5.43. The fourth-order valence-electron chi connectivity index (χ4n) is 2.29. The average molecular weight is 237 g/mol. The molecule has 0 aromatic carbocycles. The lowest BCUT2D eigenvalue weighted by Crippen LogP contribution is -2.46. The van der Waals surface area contributed by atoms with Gasteiger partial charge in [-0.05, 0) is 26.8 Å². The van der Waals surface area contributed by atoms with Crippen LogP contribution in [0.2, 0.25) is 0 Å². The summed E-state index contributed by atoms with van der Waals surface area (Å²) in [6.07, 6.45) is 3.42. The van der Waals surface area contributed by atoms with Crippen LogP contribution < -0.4 is 0 Å². The van der Waals surface area contributed by atoms with Gasteiger partial charge in [-0.1, -0.05) is 13.3 Å². The minimum absolute atomic E-state index is 0.132. The van der Waals surface area contributed by atoms with E-state index in [1.54, 1.807) is 0 Å². The minimum Gasteiger partial charge on any atom is -0.339 e. The Morgan fingerprint density at radius 2 is 2.24 bits per heavy atom. The summed E-state index contributed by atoms with van der Waals surface area (Å²) in [5.74, 6) is 0.132. The summed E-state index contributed by atoms with van der Waals surface area (Å²) < 4.78 is 0. The van der Waals surface area contributed by atoms with Gasteiger partial charge >= 0.3 is 0 Å². The molecule has 0 spiro atoms. The van der Waals surface area contributed by atoms with Crippen LogP contribution in [0.5, 0.6) is 0 Å². The summed E-state index contributed by atoms with van der Waals surface area (Å²) in [5, 5.41) is 8.83. The zero-order valence-corrected chi connectivity index (χ0v) is 11.1. The normalized spacial score (nSPS) is 26.7. The lowest BCUT2D eigenvalue weighted by Gasteiger charge is -2.29. The van der Waals surface area contributed by atoms with Crippen molar-refractivity contribution in [2.45, 2.75) is 51.6 Å². The SMILES string of the molecule is CCCCN1C(=O)C(CC#N)N(C)CCC1C. The first-order valence-electron chi connectivity index (χ1n) is 6.49. The summed E-state index contributed by atoms with van der Waals surface area (Å²) in [6, 6.07) is 2.17. The smallest absolute Gasteiger partial charge is 0.241 e. The summed E-state index contributed by atoms with van der Waals surface area (Å²) >= 11 is 0. The first-order chi connectivity index (χ1) is 8.11. The number of amides is 1. The van der Waals surface area contributed by atoms with Gasteiger partial charge in [-0.25, -0.2) is 0 Å². The Labute approximate surface area is 104 Å². The van der Waals surface area contributed by atoms with Gasteiger partial charge in [0.05, 0.1) is 12.5 Å². The van der Waals surface area contributed by atoms with E-state index < -0.39 is 0 Å². The second-order valence-electron chi connectivity index (χ2n) is 4.88. The van der Waals surface area contributed by atoms with Crippen molar-refractivity contribution < 1.29 is 4.79 Å². The van der Waals surface area contributed by atoms with Crippen LogP contribution in [0.25, 0.3) is 0 Å². The summed E-state index contributed by atoms with van der Waals surface area (Å²) in [7, 11) is 1.94. The van der Waals surface area contributed by atoms with Gasteiger partial charge in [-0.3, -0.25) is 9.69 Å². The predicted octanol–water partition coefficient (Wildman–Crippen LogP) is 1.62. The van der Waals surface area contributed by atoms with Crippen molar-refractivity contribution in [1.29, 1.82) is 5.26 Å². The molecule has 0 aromatic rings. The second-order valence-corrected chi connectivity index (χ2v) is 4.88. The summed E-state index contributed by atoms with van der Waals surface area (Å²) in [4.78, 5) is 16.4. The molecule has 2 atom stereocenters. The molecule has 1 saturated heterocycles. The molecule has 0 radical (unpaired) electrons. The van der Waals surface area contributed by atoms with E-state index in [4.69, 9.17) is 5.26 Å². The van der Waals surface area contributed by atoms with Gasteiger partial charge in [0.2, 0.25) is 5.91 Å². The third kappa shape index (κ3) is 3.44. The van der Waals surface area contributed by atoms with Crippen molar-refractivity contribution >= 4 is 5.91 Å². The molecular formula is C13H23N3O. The van der Waals surface area contributed by atoms with Crippen LogP contribution in [0.1, 0.15) is 39.5 Å². The largest absolute Gasteiger partial charge is 0.339 e. The van der Waals surface area contributed by atoms with Gasteiger partial charge in [-0.15, -0.1) is 0 Å². The zero-order valence-electron chi connectivity index (χ0n) is 11.1. The number of nitrogens with zero attached hydrogens (tertiary/aromatic N) is 3. The standard InChI is InChI=1S/C13H23N3O/c1-4-5-9-16-11(2)7-10-15(3)12(6-8-14)13(16)17/h11-12H,4-7,9-10H2,1-3H3.